The summed E-state index contributed by atoms with van der Waals surface area (Å²) in [6.45, 7) is 1.83. The van der Waals surface area contributed by atoms with E-state index in [2.05, 4.69) is 5.32 Å². The van der Waals surface area contributed by atoms with Gasteiger partial charge >= 0.3 is 12.1 Å². The molecule has 0 fully saturated rings. The number of carbonyl (C=O) groups is 2. The first-order valence-electron chi connectivity index (χ1n) is 9.59. The van der Waals surface area contributed by atoms with Crippen molar-refractivity contribution in [3.05, 3.63) is 71.4 Å². The van der Waals surface area contributed by atoms with Crippen LogP contribution in [0.2, 0.25) is 0 Å². The molecule has 0 spiro atoms. The maximum absolute atomic E-state index is 12.9. The predicted octanol–water partition coefficient (Wildman–Crippen LogP) is 5.17. The highest BCUT2D eigenvalue weighted by Gasteiger charge is 2.30. The summed E-state index contributed by atoms with van der Waals surface area (Å²) in [6, 6.07) is 10.9. The van der Waals surface area contributed by atoms with E-state index in [0.29, 0.717) is 22.4 Å². The van der Waals surface area contributed by atoms with Crippen LogP contribution < -0.4 is 5.32 Å². The molecule has 0 aliphatic rings. The van der Waals surface area contributed by atoms with Crippen LogP contribution in [0.25, 0.3) is 10.9 Å². The fourth-order valence-corrected chi connectivity index (χ4v) is 3.86. The Morgan fingerprint density at radius 2 is 1.90 bits per heavy atom. The van der Waals surface area contributed by atoms with Gasteiger partial charge in [0.2, 0.25) is 0 Å². The summed E-state index contributed by atoms with van der Waals surface area (Å²) in [5, 5.41) is 13.1. The lowest BCUT2D eigenvalue weighted by Crippen LogP contribution is -2.38. The zero-order valence-electron chi connectivity index (χ0n) is 16.6. The Morgan fingerprint density at radius 3 is 2.58 bits per heavy atom. The summed E-state index contributed by atoms with van der Waals surface area (Å²) < 4.78 is 40.2. The van der Waals surface area contributed by atoms with Crippen molar-refractivity contribution in [2.45, 2.75) is 32.1 Å². The number of para-hydroxylation sites is 1. The summed E-state index contributed by atoms with van der Waals surface area (Å²) >= 11 is 1.15. The lowest BCUT2D eigenvalue weighted by molar-refractivity contribution is -0.140. The maximum atomic E-state index is 12.9. The van der Waals surface area contributed by atoms with Crippen LogP contribution in [0.5, 0.6) is 0 Å². The number of hydrogen-bond donors (Lipinski definition) is 2. The monoisotopic (exact) mass is 450 g/mol. The highest BCUT2D eigenvalue weighted by Crippen LogP contribution is 2.29. The minimum Gasteiger partial charge on any atom is -0.480 e. The third-order valence-electron chi connectivity index (χ3n) is 4.79. The molecule has 0 unspecified atom stereocenters. The van der Waals surface area contributed by atoms with Gasteiger partial charge in [-0.1, -0.05) is 55.1 Å². The minimum atomic E-state index is -4.47. The molecule has 0 saturated carbocycles. The number of hydrogen-bond acceptors (Lipinski definition) is 4. The Balaban J connectivity index is 1.82. The molecule has 1 heterocycles. The number of carboxylic acid groups (broad SMARTS) is 1. The molecule has 31 heavy (non-hydrogen) atoms. The molecular weight excluding hydrogens is 429 g/mol. The summed E-state index contributed by atoms with van der Waals surface area (Å²) in [4.78, 5) is 24.2. The number of benzene rings is 2. The normalized spacial score (nSPS) is 12.8. The SMILES string of the molecule is CCSC(=O)n1cc(C[C@H](NCc2cccc(C(F)(F)F)c2)C(=O)O)c2ccccc21. The number of nitrogens with zero attached hydrogens (tertiary/aromatic N) is 1. The van der Waals surface area contributed by atoms with Gasteiger partial charge in [-0.2, -0.15) is 13.2 Å². The number of halogens is 3. The van der Waals surface area contributed by atoms with Crippen LogP contribution in [0.4, 0.5) is 18.0 Å². The lowest BCUT2D eigenvalue weighted by Gasteiger charge is -2.15. The Kier molecular flexibility index (Phi) is 7.07. The minimum absolute atomic E-state index is 0.0376. The molecule has 0 aliphatic heterocycles. The Labute approximate surface area is 181 Å². The smallest absolute Gasteiger partial charge is 0.416 e. The molecule has 2 aromatic carbocycles. The van der Waals surface area contributed by atoms with Gasteiger partial charge in [-0.3, -0.25) is 14.2 Å². The first-order valence-corrected chi connectivity index (χ1v) is 10.6. The largest absolute Gasteiger partial charge is 0.480 e. The Morgan fingerprint density at radius 1 is 1.16 bits per heavy atom. The van der Waals surface area contributed by atoms with Gasteiger partial charge in [0, 0.05) is 24.5 Å². The number of alkyl halides is 3. The van der Waals surface area contributed by atoms with Crippen LogP contribution in [0, 0.1) is 0 Å². The van der Waals surface area contributed by atoms with E-state index in [1.54, 1.807) is 24.4 Å². The average Bonchev–Trinajstić information content (AvgIpc) is 3.09. The molecule has 3 aromatic rings. The third-order valence-corrected chi connectivity index (χ3v) is 5.52. The number of carbonyl (C=O) groups excluding carboxylic acids is 1. The fraction of sp³-hybridized carbons (Fsp3) is 0.273. The number of fused-ring (bicyclic) bond motifs is 1. The Bertz CT molecular complexity index is 1100. The zero-order chi connectivity index (χ0) is 22.6. The van der Waals surface area contributed by atoms with E-state index >= 15 is 0 Å². The molecule has 5 nitrogen and oxygen atoms in total. The molecule has 0 radical (unpaired) electrons. The van der Waals surface area contributed by atoms with Crippen LogP contribution in [-0.2, 0) is 23.9 Å². The van der Waals surface area contributed by atoms with Gasteiger partial charge in [-0.05, 0) is 29.0 Å². The summed E-state index contributed by atoms with van der Waals surface area (Å²) in [5.74, 6) is -0.519. The number of thioether (sulfide) groups is 1. The highest BCUT2D eigenvalue weighted by atomic mass is 32.2. The molecule has 2 N–H and O–H groups in total. The van der Waals surface area contributed by atoms with Crippen molar-refractivity contribution in [3.63, 3.8) is 0 Å². The van der Waals surface area contributed by atoms with Gasteiger partial charge < -0.3 is 10.4 Å². The number of rotatable bonds is 7. The number of carboxylic acids is 1. The summed E-state index contributed by atoms with van der Waals surface area (Å²) in [5.41, 5.74) is 0.904. The van der Waals surface area contributed by atoms with Crippen LogP contribution >= 0.6 is 11.8 Å². The van der Waals surface area contributed by atoms with E-state index in [1.165, 1.54) is 16.7 Å². The van der Waals surface area contributed by atoms with Crippen molar-refractivity contribution in [1.29, 1.82) is 0 Å². The molecular formula is C22H21F3N2O3S. The number of aromatic nitrogens is 1. The van der Waals surface area contributed by atoms with Crippen molar-refractivity contribution < 1.29 is 27.9 Å². The molecule has 0 saturated heterocycles. The molecule has 1 aromatic heterocycles. The Hall–Kier alpha value is -2.78. The molecule has 0 amide bonds. The van der Waals surface area contributed by atoms with Crippen LogP contribution in [-0.4, -0.2) is 32.7 Å². The van der Waals surface area contributed by atoms with Crippen molar-refractivity contribution in [1.82, 2.24) is 9.88 Å². The fourth-order valence-electron chi connectivity index (χ4n) is 3.32. The van der Waals surface area contributed by atoms with Gasteiger partial charge in [0.05, 0.1) is 11.1 Å². The topological polar surface area (TPSA) is 71.3 Å². The molecule has 9 heteroatoms. The van der Waals surface area contributed by atoms with Crippen molar-refractivity contribution >= 4 is 33.9 Å². The second kappa shape index (κ2) is 9.57. The van der Waals surface area contributed by atoms with Crippen molar-refractivity contribution in [3.8, 4) is 0 Å². The maximum Gasteiger partial charge on any atom is 0.416 e. The molecule has 164 valence electrons. The van der Waals surface area contributed by atoms with Gasteiger partial charge in [-0.25, -0.2) is 0 Å². The van der Waals surface area contributed by atoms with Crippen LogP contribution in [0.3, 0.4) is 0 Å². The van der Waals surface area contributed by atoms with Crippen LogP contribution in [0.1, 0.15) is 23.6 Å². The predicted molar refractivity (Wildman–Crippen MR) is 114 cm³/mol. The van der Waals surface area contributed by atoms with E-state index in [0.717, 1.165) is 29.3 Å². The quantitative estimate of drug-likeness (QED) is 0.520. The average molecular weight is 450 g/mol. The van der Waals surface area contributed by atoms with Crippen molar-refractivity contribution in [2.24, 2.45) is 0 Å². The van der Waals surface area contributed by atoms with Crippen LogP contribution in [0.15, 0.2) is 54.7 Å². The second-order valence-electron chi connectivity index (χ2n) is 6.91. The third kappa shape index (κ3) is 5.48. The van der Waals surface area contributed by atoms with E-state index in [9.17, 15) is 27.9 Å². The number of nitrogens with one attached hydrogen (secondary N) is 1. The van der Waals surface area contributed by atoms with Crippen molar-refractivity contribution in [2.75, 3.05) is 5.75 Å². The van der Waals surface area contributed by atoms with E-state index in [1.807, 2.05) is 13.0 Å². The first kappa shape index (κ1) is 22.9. The molecule has 1 atom stereocenters. The molecule has 0 aliphatic carbocycles. The standard InChI is InChI=1S/C22H21F3N2O3S/c1-2-31-21(30)27-13-15(17-8-3-4-9-19(17)27)11-18(20(28)29)26-12-14-6-5-7-16(10-14)22(23,24)25/h3-10,13,18,26H,2,11-12H2,1H3,(H,28,29)/t18-/m0/s1. The lowest BCUT2D eigenvalue weighted by atomic mass is 10.0. The second-order valence-corrected chi connectivity index (χ2v) is 8.13. The summed E-state index contributed by atoms with van der Waals surface area (Å²) in [7, 11) is 0. The van der Waals surface area contributed by atoms with Gasteiger partial charge in [-0.15, -0.1) is 0 Å². The molecule has 3 rings (SSSR count). The zero-order valence-corrected chi connectivity index (χ0v) is 17.5. The summed E-state index contributed by atoms with van der Waals surface area (Å²) in [6.07, 6.45) is -2.75. The van der Waals surface area contributed by atoms with Gasteiger partial charge in [0.25, 0.3) is 5.24 Å². The highest BCUT2D eigenvalue weighted by molar-refractivity contribution is 8.13. The van der Waals surface area contributed by atoms with Gasteiger partial charge in [0.15, 0.2) is 0 Å². The molecule has 0 bridgehead atoms. The number of aliphatic carboxylic acids is 1. The van der Waals surface area contributed by atoms with E-state index < -0.39 is 23.8 Å². The first-order chi connectivity index (χ1) is 14.7. The van der Waals surface area contributed by atoms with E-state index in [-0.39, 0.29) is 18.2 Å². The van der Waals surface area contributed by atoms with E-state index in [4.69, 9.17) is 0 Å². The van der Waals surface area contributed by atoms with Gasteiger partial charge in [0.1, 0.15) is 6.04 Å².